The topological polar surface area (TPSA) is 86.7 Å². The molecule has 0 amide bonds. The quantitative estimate of drug-likeness (QED) is 0.0415. The largest absolute Gasteiger partial charge is 0.266 e. The minimum atomic E-state index is -3.59. The lowest BCUT2D eigenvalue weighted by Crippen LogP contribution is -2.13. The molecule has 0 rings (SSSR count). The van der Waals surface area contributed by atoms with Gasteiger partial charge >= 0.3 is 0 Å². The van der Waals surface area contributed by atoms with Crippen LogP contribution in [0.15, 0.2) is 11.1 Å². The van der Waals surface area contributed by atoms with Gasteiger partial charge in [-0.1, -0.05) is 155 Å². The number of unbranched alkanes of at least 4 members (excludes halogenated alkanes) is 22. The minimum absolute atomic E-state index is 0.0163. The normalized spacial score (nSPS) is 13.0. The molecule has 0 heterocycles. The molecule has 0 fully saturated rings. The van der Waals surface area contributed by atoms with Crippen molar-refractivity contribution in [1.29, 1.82) is 0 Å². The van der Waals surface area contributed by atoms with Gasteiger partial charge in [0.2, 0.25) is 0 Å². The van der Waals surface area contributed by atoms with Crippen molar-refractivity contribution in [2.24, 2.45) is 0 Å². The predicted octanol–water partition coefficient (Wildman–Crippen LogP) is 10.4. The summed E-state index contributed by atoms with van der Waals surface area (Å²) in [5.41, 5.74) is 1.78. The third-order valence-electron chi connectivity index (χ3n) is 8.06. The molecule has 0 radical (unpaired) electrons. The molecule has 0 saturated carbocycles. The summed E-state index contributed by atoms with van der Waals surface area (Å²) in [7, 11) is -7.18. The molecule has 0 aliphatic carbocycles. The van der Waals surface area contributed by atoms with E-state index in [1.807, 2.05) is 0 Å². The van der Waals surface area contributed by atoms with Crippen molar-refractivity contribution in [3.05, 3.63) is 11.1 Å². The molecule has 252 valence electrons. The first-order valence-corrected chi connectivity index (χ1v) is 21.1. The van der Waals surface area contributed by atoms with Crippen LogP contribution in [0.25, 0.3) is 0 Å². The van der Waals surface area contributed by atoms with E-state index >= 15 is 0 Å². The third kappa shape index (κ3) is 31.0. The molecule has 0 aromatic rings. The Labute approximate surface area is 262 Å². The lowest BCUT2D eigenvalue weighted by atomic mass is 9.97. The van der Waals surface area contributed by atoms with Crippen LogP contribution in [-0.2, 0) is 28.6 Å². The Kier molecular flexibility index (Phi) is 27.8. The van der Waals surface area contributed by atoms with Crippen molar-refractivity contribution in [2.75, 3.05) is 25.7 Å². The van der Waals surface area contributed by atoms with E-state index in [1.165, 1.54) is 128 Å². The zero-order valence-corrected chi connectivity index (χ0v) is 29.7. The van der Waals surface area contributed by atoms with Gasteiger partial charge in [0.05, 0.1) is 25.7 Å². The molecular weight excluding hydrogens is 569 g/mol. The van der Waals surface area contributed by atoms with Gasteiger partial charge < -0.3 is 0 Å². The van der Waals surface area contributed by atoms with Crippen LogP contribution in [0, 0.1) is 0 Å². The highest BCUT2D eigenvalue weighted by Gasteiger charge is 2.14. The van der Waals surface area contributed by atoms with Gasteiger partial charge in [0, 0.05) is 0 Å². The Balaban J connectivity index is 4.66. The molecule has 8 heteroatoms. The number of hydrogen-bond donors (Lipinski definition) is 0. The van der Waals surface area contributed by atoms with Crippen LogP contribution in [-0.4, -0.2) is 42.6 Å². The Morgan fingerprint density at radius 3 is 0.810 bits per heavy atom. The lowest BCUT2D eigenvalue weighted by molar-refractivity contribution is 0.326. The van der Waals surface area contributed by atoms with Crippen LogP contribution in [0.2, 0.25) is 0 Å². The summed E-state index contributed by atoms with van der Waals surface area (Å²) >= 11 is 0. The summed E-state index contributed by atoms with van der Waals surface area (Å²) in [5.74, 6) is 0. The molecule has 0 unspecified atom stereocenters. The lowest BCUT2D eigenvalue weighted by Gasteiger charge is -2.16. The van der Waals surface area contributed by atoms with Crippen LogP contribution in [0.5, 0.6) is 0 Å². The van der Waals surface area contributed by atoms with Gasteiger partial charge in [-0.05, 0) is 36.8 Å². The second kappa shape index (κ2) is 28.1. The molecule has 0 aliphatic heterocycles. The van der Waals surface area contributed by atoms with Gasteiger partial charge in [0.25, 0.3) is 20.2 Å². The van der Waals surface area contributed by atoms with E-state index in [-0.39, 0.29) is 13.2 Å². The molecule has 0 atom stereocenters. The van der Waals surface area contributed by atoms with Gasteiger partial charge in [0.1, 0.15) is 0 Å². The molecule has 0 aliphatic rings. The van der Waals surface area contributed by atoms with E-state index in [1.54, 1.807) is 0 Å². The maximum atomic E-state index is 11.8. The molecule has 0 bridgehead atoms. The van der Waals surface area contributed by atoms with Crippen LogP contribution < -0.4 is 0 Å². The summed E-state index contributed by atoms with van der Waals surface area (Å²) in [4.78, 5) is 0. The molecule has 0 aromatic carbocycles. The first-order chi connectivity index (χ1) is 20.1. The molecule has 0 saturated heterocycles. The summed E-state index contributed by atoms with van der Waals surface area (Å²) in [6, 6.07) is 0. The Morgan fingerprint density at radius 2 is 0.595 bits per heavy atom. The second-order valence-electron chi connectivity index (χ2n) is 12.4. The fraction of sp³-hybridized carbons (Fsp3) is 0.941. The minimum Gasteiger partial charge on any atom is -0.266 e. The fourth-order valence-electron chi connectivity index (χ4n) is 5.42. The zero-order valence-electron chi connectivity index (χ0n) is 28.1. The molecule has 0 N–H and O–H groups in total. The van der Waals surface area contributed by atoms with Gasteiger partial charge in [0.15, 0.2) is 0 Å². The number of hydrogen-bond acceptors (Lipinski definition) is 6. The predicted molar refractivity (Wildman–Crippen MR) is 180 cm³/mol. The average Bonchev–Trinajstić information content (AvgIpc) is 2.92. The summed E-state index contributed by atoms with van der Waals surface area (Å²) in [6.45, 7) is 4.47. The van der Waals surface area contributed by atoms with Gasteiger partial charge in [-0.25, -0.2) is 0 Å². The summed E-state index contributed by atoms with van der Waals surface area (Å²) in [6.07, 6.45) is 33.7. The fourth-order valence-corrected chi connectivity index (χ4v) is 6.13. The van der Waals surface area contributed by atoms with E-state index in [0.29, 0.717) is 12.8 Å². The Hall–Kier alpha value is -0.440. The van der Waals surface area contributed by atoms with E-state index in [9.17, 15) is 16.8 Å². The standard InChI is InChI=1S/C34H68O6S2/c1-5-7-9-11-13-15-17-19-21-23-25-27-29-33(31-39-41(3,35)36)34(32-40-42(4,37)38)30-28-26-24-22-20-18-16-14-12-10-8-6-2/h5-32H2,1-4H3/b34-33+. The van der Waals surface area contributed by atoms with E-state index in [2.05, 4.69) is 13.8 Å². The molecule has 0 spiro atoms. The molecule has 42 heavy (non-hydrogen) atoms. The highest BCUT2D eigenvalue weighted by atomic mass is 32.2. The third-order valence-corrected chi connectivity index (χ3v) is 9.15. The van der Waals surface area contributed by atoms with Crippen molar-refractivity contribution in [3.63, 3.8) is 0 Å². The summed E-state index contributed by atoms with van der Waals surface area (Å²) < 4.78 is 57.4. The van der Waals surface area contributed by atoms with Gasteiger partial charge in [-0.15, -0.1) is 0 Å². The first kappa shape index (κ1) is 41.6. The smallest absolute Gasteiger partial charge is 0.264 e. The van der Waals surface area contributed by atoms with E-state index in [0.717, 1.165) is 49.3 Å². The van der Waals surface area contributed by atoms with Crippen molar-refractivity contribution in [3.8, 4) is 0 Å². The van der Waals surface area contributed by atoms with Crippen molar-refractivity contribution < 1.29 is 25.2 Å². The van der Waals surface area contributed by atoms with Crippen molar-refractivity contribution >= 4 is 20.2 Å². The van der Waals surface area contributed by atoms with Crippen LogP contribution in [0.4, 0.5) is 0 Å². The van der Waals surface area contributed by atoms with Crippen LogP contribution >= 0.6 is 0 Å². The molecular formula is C34H68O6S2. The van der Waals surface area contributed by atoms with E-state index < -0.39 is 20.2 Å². The highest BCUT2D eigenvalue weighted by Crippen LogP contribution is 2.23. The Bertz CT molecular complexity index is 779. The van der Waals surface area contributed by atoms with Crippen LogP contribution in [0.3, 0.4) is 0 Å². The van der Waals surface area contributed by atoms with Crippen LogP contribution in [0.1, 0.15) is 181 Å². The maximum Gasteiger partial charge on any atom is 0.264 e. The monoisotopic (exact) mass is 636 g/mol. The summed E-state index contributed by atoms with van der Waals surface area (Å²) in [5, 5.41) is 0. The van der Waals surface area contributed by atoms with Crippen molar-refractivity contribution in [1.82, 2.24) is 0 Å². The zero-order chi connectivity index (χ0) is 31.4. The Morgan fingerprint density at radius 1 is 0.381 bits per heavy atom. The first-order valence-electron chi connectivity index (χ1n) is 17.5. The van der Waals surface area contributed by atoms with Gasteiger partial charge in [-0.2, -0.15) is 16.8 Å². The molecule has 0 aromatic heterocycles. The second-order valence-corrected chi connectivity index (χ2v) is 15.7. The van der Waals surface area contributed by atoms with E-state index in [4.69, 9.17) is 8.37 Å². The molecule has 6 nitrogen and oxygen atoms in total. The number of rotatable bonds is 32. The highest BCUT2D eigenvalue weighted by molar-refractivity contribution is 7.86. The van der Waals surface area contributed by atoms with Gasteiger partial charge in [-0.3, -0.25) is 8.37 Å². The van der Waals surface area contributed by atoms with Crippen molar-refractivity contribution in [2.45, 2.75) is 181 Å². The average molecular weight is 637 g/mol. The SMILES string of the molecule is CCCCCCCCCCCCCC/C(COS(C)(=O)=O)=C(/CCCCCCCCCCCCCC)COS(C)(=O)=O. The maximum absolute atomic E-state index is 11.8.